The highest BCUT2D eigenvalue weighted by molar-refractivity contribution is 7.15. The number of carboxylic acid groups (broad SMARTS) is 1. The zero-order valence-corrected chi connectivity index (χ0v) is 12.6. The average Bonchev–Trinajstić information content (AvgIpc) is 2.92. The molecule has 0 saturated heterocycles. The Labute approximate surface area is 127 Å². The van der Waals surface area contributed by atoms with E-state index in [-0.39, 0.29) is 17.9 Å². The molecule has 2 amide bonds. The molecule has 6 nitrogen and oxygen atoms in total. The first-order valence-electron chi connectivity index (χ1n) is 7.32. The number of nitrogens with one attached hydrogen (secondary N) is 2. The summed E-state index contributed by atoms with van der Waals surface area (Å²) in [6, 6.07) is -0.293. The molecule has 0 aromatic carbocycles. The van der Waals surface area contributed by atoms with Crippen molar-refractivity contribution >= 4 is 28.5 Å². The molecule has 0 bridgehead atoms. The fourth-order valence-corrected chi connectivity index (χ4v) is 4.11. The number of anilines is 1. The fraction of sp³-hybridized carbons (Fsp3) is 0.643. The molecular weight excluding hydrogens is 290 g/mol. The van der Waals surface area contributed by atoms with E-state index in [4.69, 9.17) is 5.11 Å². The van der Waals surface area contributed by atoms with Gasteiger partial charge in [0.1, 0.15) is 0 Å². The Morgan fingerprint density at radius 2 is 2.10 bits per heavy atom. The number of carboxylic acids is 1. The van der Waals surface area contributed by atoms with Crippen LogP contribution in [0.4, 0.5) is 9.93 Å². The number of aryl methyl sites for hydroxylation is 2. The van der Waals surface area contributed by atoms with E-state index in [2.05, 4.69) is 15.6 Å². The number of fused-ring (bicyclic) bond motifs is 1. The highest BCUT2D eigenvalue weighted by atomic mass is 32.1. The lowest BCUT2D eigenvalue weighted by Gasteiger charge is -2.40. The van der Waals surface area contributed by atoms with Crippen molar-refractivity contribution in [2.75, 3.05) is 11.9 Å². The Morgan fingerprint density at radius 1 is 1.29 bits per heavy atom. The van der Waals surface area contributed by atoms with Crippen molar-refractivity contribution in [2.45, 2.75) is 44.9 Å². The lowest BCUT2D eigenvalue weighted by atomic mass is 9.66. The van der Waals surface area contributed by atoms with Crippen molar-refractivity contribution in [3.8, 4) is 0 Å². The number of amides is 2. The number of hydrogen-bond donors (Lipinski definition) is 3. The predicted octanol–water partition coefficient (Wildman–Crippen LogP) is 2.40. The summed E-state index contributed by atoms with van der Waals surface area (Å²) in [5.74, 6) is -0.798. The van der Waals surface area contributed by atoms with E-state index in [1.807, 2.05) is 0 Å². The predicted molar refractivity (Wildman–Crippen MR) is 79.7 cm³/mol. The SMILES string of the molecule is O=C(O)CC1(CNC(=O)Nc2nc3c(s2)CCC3)CCC1. The van der Waals surface area contributed by atoms with Crippen LogP contribution >= 0.6 is 11.3 Å². The molecule has 7 heteroatoms. The van der Waals surface area contributed by atoms with E-state index in [0.717, 1.165) is 44.2 Å². The van der Waals surface area contributed by atoms with Gasteiger partial charge in [0.05, 0.1) is 12.1 Å². The molecular formula is C14H19N3O3S. The standard InChI is InChI=1S/C14H19N3O3S/c18-11(19)7-14(5-2-6-14)8-15-12(20)17-13-16-9-3-1-4-10(9)21-13/h1-8H2,(H,18,19)(H2,15,16,17,20). The number of urea groups is 1. The number of carbonyl (C=O) groups is 2. The van der Waals surface area contributed by atoms with Gasteiger partial charge in [-0.2, -0.15) is 0 Å². The zero-order valence-electron chi connectivity index (χ0n) is 11.8. The van der Waals surface area contributed by atoms with Gasteiger partial charge in [-0.15, -0.1) is 11.3 Å². The Morgan fingerprint density at radius 3 is 2.71 bits per heavy atom. The van der Waals surface area contributed by atoms with Crippen LogP contribution in [-0.4, -0.2) is 28.6 Å². The van der Waals surface area contributed by atoms with E-state index in [1.54, 1.807) is 0 Å². The number of rotatable bonds is 5. The normalized spacial score (nSPS) is 18.7. The number of carbonyl (C=O) groups excluding carboxylic acids is 1. The molecule has 2 aliphatic rings. The summed E-state index contributed by atoms with van der Waals surface area (Å²) >= 11 is 1.54. The van der Waals surface area contributed by atoms with E-state index >= 15 is 0 Å². The summed E-state index contributed by atoms with van der Waals surface area (Å²) in [7, 11) is 0. The number of nitrogens with zero attached hydrogens (tertiary/aromatic N) is 1. The highest BCUT2D eigenvalue weighted by Gasteiger charge is 2.39. The summed E-state index contributed by atoms with van der Waals surface area (Å²) < 4.78 is 0. The van der Waals surface area contributed by atoms with Gasteiger partial charge in [0.2, 0.25) is 0 Å². The maximum atomic E-state index is 11.9. The van der Waals surface area contributed by atoms with Crippen LogP contribution in [0.5, 0.6) is 0 Å². The second-order valence-corrected chi connectivity index (χ2v) is 7.06. The van der Waals surface area contributed by atoms with Crippen molar-refractivity contribution < 1.29 is 14.7 Å². The van der Waals surface area contributed by atoms with Gasteiger partial charge >= 0.3 is 12.0 Å². The third kappa shape index (κ3) is 3.18. The van der Waals surface area contributed by atoms with Crippen LogP contribution in [0.2, 0.25) is 0 Å². The van der Waals surface area contributed by atoms with Crippen LogP contribution in [0.25, 0.3) is 0 Å². The smallest absolute Gasteiger partial charge is 0.321 e. The Bertz CT molecular complexity index is 544. The van der Waals surface area contributed by atoms with E-state index in [0.29, 0.717) is 11.7 Å². The maximum absolute atomic E-state index is 11.9. The molecule has 114 valence electrons. The molecule has 21 heavy (non-hydrogen) atoms. The molecule has 0 unspecified atom stereocenters. The van der Waals surface area contributed by atoms with Gasteiger partial charge in [-0.1, -0.05) is 6.42 Å². The van der Waals surface area contributed by atoms with Crippen molar-refractivity contribution in [3.05, 3.63) is 10.6 Å². The fourth-order valence-electron chi connectivity index (χ4n) is 3.07. The minimum atomic E-state index is -0.798. The van der Waals surface area contributed by atoms with Crippen molar-refractivity contribution in [3.63, 3.8) is 0 Å². The highest BCUT2D eigenvalue weighted by Crippen LogP contribution is 2.43. The van der Waals surface area contributed by atoms with Gasteiger partial charge in [-0.05, 0) is 37.5 Å². The van der Waals surface area contributed by atoms with Crippen molar-refractivity contribution in [1.82, 2.24) is 10.3 Å². The van der Waals surface area contributed by atoms with Crippen LogP contribution in [0, 0.1) is 5.41 Å². The average molecular weight is 309 g/mol. The van der Waals surface area contributed by atoms with Crippen molar-refractivity contribution in [1.29, 1.82) is 0 Å². The third-order valence-electron chi connectivity index (χ3n) is 4.38. The minimum absolute atomic E-state index is 0.124. The first-order chi connectivity index (χ1) is 10.1. The van der Waals surface area contributed by atoms with Crippen LogP contribution in [0.3, 0.4) is 0 Å². The molecule has 1 aromatic rings. The summed E-state index contributed by atoms with van der Waals surface area (Å²) in [6.45, 7) is 0.413. The molecule has 1 heterocycles. The first-order valence-corrected chi connectivity index (χ1v) is 8.13. The van der Waals surface area contributed by atoms with Crippen LogP contribution in [0.1, 0.15) is 42.7 Å². The number of aliphatic carboxylic acids is 1. The summed E-state index contributed by atoms with van der Waals surface area (Å²) in [5, 5.41) is 15.1. The molecule has 1 fully saturated rings. The number of aromatic nitrogens is 1. The zero-order chi connectivity index (χ0) is 14.9. The van der Waals surface area contributed by atoms with Crippen LogP contribution in [-0.2, 0) is 17.6 Å². The second-order valence-electron chi connectivity index (χ2n) is 5.97. The van der Waals surface area contributed by atoms with Crippen molar-refractivity contribution in [2.24, 2.45) is 5.41 Å². The molecule has 3 N–H and O–H groups in total. The Hall–Kier alpha value is -1.63. The quantitative estimate of drug-likeness (QED) is 0.779. The van der Waals surface area contributed by atoms with Gasteiger partial charge in [0, 0.05) is 11.4 Å². The summed E-state index contributed by atoms with van der Waals surface area (Å²) in [6.07, 6.45) is 6.10. The number of thiazole rings is 1. The van der Waals surface area contributed by atoms with E-state index < -0.39 is 5.97 Å². The molecule has 3 rings (SSSR count). The lowest BCUT2D eigenvalue weighted by molar-refractivity contribution is -0.141. The molecule has 0 aliphatic heterocycles. The van der Waals surface area contributed by atoms with E-state index in [1.165, 1.54) is 16.2 Å². The van der Waals surface area contributed by atoms with Gasteiger partial charge in [-0.3, -0.25) is 10.1 Å². The monoisotopic (exact) mass is 309 g/mol. The van der Waals surface area contributed by atoms with Crippen LogP contribution < -0.4 is 10.6 Å². The molecule has 0 atom stereocenters. The maximum Gasteiger partial charge on any atom is 0.321 e. The molecule has 0 radical (unpaired) electrons. The topological polar surface area (TPSA) is 91.3 Å². The van der Waals surface area contributed by atoms with E-state index in [9.17, 15) is 9.59 Å². The van der Waals surface area contributed by atoms with Gasteiger partial charge in [0.25, 0.3) is 0 Å². The van der Waals surface area contributed by atoms with Gasteiger partial charge < -0.3 is 10.4 Å². The number of hydrogen-bond acceptors (Lipinski definition) is 4. The Balaban J connectivity index is 1.50. The minimum Gasteiger partial charge on any atom is -0.481 e. The molecule has 0 spiro atoms. The van der Waals surface area contributed by atoms with Gasteiger partial charge in [-0.25, -0.2) is 9.78 Å². The van der Waals surface area contributed by atoms with Crippen LogP contribution in [0.15, 0.2) is 0 Å². The first kappa shape index (κ1) is 14.3. The van der Waals surface area contributed by atoms with Gasteiger partial charge in [0.15, 0.2) is 5.13 Å². The summed E-state index contributed by atoms with van der Waals surface area (Å²) in [5.41, 5.74) is 0.852. The third-order valence-corrected chi connectivity index (χ3v) is 5.45. The molecule has 1 aromatic heterocycles. The lowest BCUT2D eigenvalue weighted by Crippen LogP contribution is -2.44. The second kappa shape index (κ2) is 5.63. The largest absolute Gasteiger partial charge is 0.481 e. The molecule has 1 saturated carbocycles. The molecule has 2 aliphatic carbocycles. The summed E-state index contributed by atoms with van der Waals surface area (Å²) in [4.78, 5) is 28.5. The Kier molecular flexibility index (Phi) is 3.84.